The Kier molecular flexibility index (Phi) is 1.22. The van der Waals surface area contributed by atoms with Gasteiger partial charge in [-0.15, -0.1) is 0 Å². The van der Waals surface area contributed by atoms with Crippen LogP contribution in [-0.4, -0.2) is 11.2 Å². The molecule has 0 aliphatic carbocycles. The predicted octanol–water partition coefficient (Wildman–Crippen LogP) is 0.989. The van der Waals surface area contributed by atoms with Gasteiger partial charge >= 0.3 is 0 Å². The fraction of sp³-hybridized carbons (Fsp3) is 0. The lowest BCUT2D eigenvalue weighted by Crippen LogP contribution is -2.11. The molecule has 3 nitrogen and oxygen atoms in total. The normalized spacial score (nSPS) is 14.0. The van der Waals surface area contributed by atoms with Crippen molar-refractivity contribution in [2.45, 2.75) is 0 Å². The predicted molar refractivity (Wildman–Crippen MR) is 44.0 cm³/mol. The van der Waals surface area contributed by atoms with E-state index in [1.807, 2.05) is 6.07 Å². The summed E-state index contributed by atoms with van der Waals surface area (Å²) in [4.78, 5) is 3.97. The summed E-state index contributed by atoms with van der Waals surface area (Å²) in [5.74, 6) is 0. The number of nitrogens with zero attached hydrogens (tertiary/aromatic N) is 2. The molecule has 0 unspecified atom stereocenters. The van der Waals surface area contributed by atoms with E-state index in [9.17, 15) is 0 Å². The average molecular weight is 145 g/mol. The van der Waals surface area contributed by atoms with Crippen molar-refractivity contribution < 1.29 is 0 Å². The minimum absolute atomic E-state index is 0.824. The number of pyridine rings is 1. The second-order valence-electron chi connectivity index (χ2n) is 2.31. The first-order chi connectivity index (χ1) is 5.38. The van der Waals surface area contributed by atoms with E-state index in [1.165, 1.54) is 0 Å². The first-order valence-corrected chi connectivity index (χ1v) is 3.30. The molecular weight excluding hydrogens is 138 g/mol. The molecule has 0 saturated carbocycles. The molecular formula is C8H7N3. The lowest BCUT2D eigenvalue weighted by molar-refractivity contribution is 0.985. The Morgan fingerprint density at radius 3 is 3.18 bits per heavy atom. The van der Waals surface area contributed by atoms with Gasteiger partial charge in [0.1, 0.15) is 0 Å². The van der Waals surface area contributed by atoms with E-state index in [2.05, 4.69) is 22.1 Å². The molecule has 1 aliphatic heterocycles. The number of rotatable bonds is 0. The second kappa shape index (κ2) is 2.20. The van der Waals surface area contributed by atoms with Crippen molar-refractivity contribution in [3.63, 3.8) is 0 Å². The van der Waals surface area contributed by atoms with Gasteiger partial charge in [0.15, 0.2) is 0 Å². The van der Waals surface area contributed by atoms with Crippen molar-refractivity contribution in [3.8, 4) is 0 Å². The van der Waals surface area contributed by atoms with E-state index in [0.717, 1.165) is 16.8 Å². The minimum Gasteiger partial charge on any atom is -0.278 e. The van der Waals surface area contributed by atoms with E-state index in [-0.39, 0.29) is 0 Å². The Hall–Kier alpha value is -1.64. The zero-order valence-electron chi connectivity index (χ0n) is 5.91. The summed E-state index contributed by atoms with van der Waals surface area (Å²) in [6, 6.07) is 1.91. The maximum absolute atomic E-state index is 3.97. The molecule has 3 heteroatoms. The van der Waals surface area contributed by atoms with Gasteiger partial charge in [-0.05, 0) is 6.07 Å². The Morgan fingerprint density at radius 2 is 2.36 bits per heavy atom. The van der Waals surface area contributed by atoms with Gasteiger partial charge in [-0.25, -0.2) is 0 Å². The summed E-state index contributed by atoms with van der Waals surface area (Å²) >= 11 is 0. The van der Waals surface area contributed by atoms with Crippen molar-refractivity contribution in [2.24, 2.45) is 5.10 Å². The number of aromatic nitrogens is 1. The summed E-state index contributed by atoms with van der Waals surface area (Å²) in [7, 11) is 0. The Bertz CT molecular complexity index is 328. The van der Waals surface area contributed by atoms with Gasteiger partial charge < -0.3 is 0 Å². The monoisotopic (exact) mass is 145 g/mol. The Labute approximate surface area is 64.5 Å². The molecule has 1 aromatic heterocycles. The lowest BCUT2D eigenvalue weighted by Gasteiger charge is -2.11. The van der Waals surface area contributed by atoms with Gasteiger partial charge in [-0.2, -0.15) is 5.10 Å². The first kappa shape index (κ1) is 6.09. The first-order valence-electron chi connectivity index (χ1n) is 3.30. The molecule has 0 fully saturated rings. The van der Waals surface area contributed by atoms with Crippen LogP contribution in [0.25, 0.3) is 5.70 Å². The number of fused-ring (bicyclic) bond motifs is 1. The van der Waals surface area contributed by atoms with Crippen LogP contribution in [0.1, 0.15) is 11.1 Å². The molecule has 1 N–H and O–H groups in total. The number of nitrogens with one attached hydrogen (secondary N) is 1. The highest BCUT2D eigenvalue weighted by molar-refractivity contribution is 5.89. The second-order valence-corrected chi connectivity index (χ2v) is 2.31. The number of hydrazone groups is 1. The van der Waals surface area contributed by atoms with Crippen LogP contribution in [0.5, 0.6) is 0 Å². The van der Waals surface area contributed by atoms with Gasteiger partial charge in [-0.1, -0.05) is 6.58 Å². The molecule has 1 aromatic rings. The highest BCUT2D eigenvalue weighted by Gasteiger charge is 2.06. The van der Waals surface area contributed by atoms with Gasteiger partial charge in [0.05, 0.1) is 11.9 Å². The maximum atomic E-state index is 3.97. The fourth-order valence-electron chi connectivity index (χ4n) is 1.02. The summed E-state index contributed by atoms with van der Waals surface area (Å²) in [5.41, 5.74) is 5.68. The van der Waals surface area contributed by atoms with Crippen molar-refractivity contribution in [2.75, 3.05) is 0 Å². The van der Waals surface area contributed by atoms with Crippen LogP contribution in [0.2, 0.25) is 0 Å². The van der Waals surface area contributed by atoms with Crippen molar-refractivity contribution in [1.29, 1.82) is 0 Å². The zero-order valence-corrected chi connectivity index (χ0v) is 5.91. The van der Waals surface area contributed by atoms with E-state index in [1.54, 1.807) is 18.6 Å². The summed E-state index contributed by atoms with van der Waals surface area (Å²) in [6.45, 7) is 3.80. The van der Waals surface area contributed by atoms with Crippen LogP contribution in [0.3, 0.4) is 0 Å². The van der Waals surface area contributed by atoms with Crippen molar-refractivity contribution >= 4 is 11.9 Å². The Morgan fingerprint density at radius 1 is 1.45 bits per heavy atom. The molecule has 0 atom stereocenters. The number of hydrogen-bond acceptors (Lipinski definition) is 3. The molecule has 0 amide bonds. The topological polar surface area (TPSA) is 37.3 Å². The molecule has 2 heterocycles. The molecule has 0 spiro atoms. The van der Waals surface area contributed by atoms with Gasteiger partial charge in [0, 0.05) is 23.5 Å². The lowest BCUT2D eigenvalue weighted by atomic mass is 10.1. The summed E-state index contributed by atoms with van der Waals surface area (Å²) < 4.78 is 0. The molecule has 11 heavy (non-hydrogen) atoms. The van der Waals surface area contributed by atoms with Crippen LogP contribution in [0.4, 0.5) is 0 Å². The Balaban J connectivity index is 2.63. The zero-order chi connectivity index (χ0) is 7.68. The van der Waals surface area contributed by atoms with E-state index >= 15 is 0 Å². The third-order valence-corrected chi connectivity index (χ3v) is 1.58. The maximum Gasteiger partial charge on any atom is 0.0570 e. The SMILES string of the molecule is C=C1NN=Cc2cnccc21. The summed E-state index contributed by atoms with van der Waals surface area (Å²) in [6.07, 6.45) is 5.24. The highest BCUT2D eigenvalue weighted by Crippen LogP contribution is 2.15. The molecule has 0 aromatic carbocycles. The average Bonchev–Trinajstić information content (AvgIpc) is 2.06. The smallest absolute Gasteiger partial charge is 0.0570 e. The standard InChI is InChI=1S/C8H7N3/c1-6-8-2-3-9-4-7(8)5-10-11-6/h2-5,11H,1H2. The van der Waals surface area contributed by atoms with Gasteiger partial charge in [-0.3, -0.25) is 10.4 Å². The summed E-state index contributed by atoms with van der Waals surface area (Å²) in [5, 5.41) is 3.88. The molecule has 2 rings (SSSR count). The quantitative estimate of drug-likeness (QED) is 0.591. The van der Waals surface area contributed by atoms with Gasteiger partial charge in [0.2, 0.25) is 0 Å². The highest BCUT2D eigenvalue weighted by atomic mass is 15.3. The molecule has 0 bridgehead atoms. The molecule has 0 radical (unpaired) electrons. The van der Waals surface area contributed by atoms with Crippen LogP contribution >= 0.6 is 0 Å². The van der Waals surface area contributed by atoms with Crippen LogP contribution in [0, 0.1) is 0 Å². The molecule has 0 saturated heterocycles. The fourth-order valence-corrected chi connectivity index (χ4v) is 1.02. The van der Waals surface area contributed by atoms with Crippen LogP contribution in [0.15, 0.2) is 30.1 Å². The third-order valence-electron chi connectivity index (χ3n) is 1.58. The van der Waals surface area contributed by atoms with Gasteiger partial charge in [0.25, 0.3) is 0 Å². The van der Waals surface area contributed by atoms with E-state index < -0.39 is 0 Å². The number of hydrogen-bond donors (Lipinski definition) is 1. The van der Waals surface area contributed by atoms with E-state index in [4.69, 9.17) is 0 Å². The van der Waals surface area contributed by atoms with Crippen LogP contribution < -0.4 is 5.43 Å². The minimum atomic E-state index is 0.824. The molecule has 54 valence electrons. The van der Waals surface area contributed by atoms with E-state index in [0.29, 0.717) is 0 Å². The van der Waals surface area contributed by atoms with Crippen LogP contribution in [-0.2, 0) is 0 Å². The van der Waals surface area contributed by atoms with Crippen molar-refractivity contribution in [1.82, 2.24) is 10.4 Å². The molecule has 1 aliphatic rings. The largest absolute Gasteiger partial charge is 0.278 e. The third kappa shape index (κ3) is 0.902. The van der Waals surface area contributed by atoms with Crippen molar-refractivity contribution in [3.05, 3.63) is 36.2 Å².